The van der Waals surface area contributed by atoms with Crippen LogP contribution in [0.2, 0.25) is 10.0 Å². The highest BCUT2D eigenvalue weighted by Crippen LogP contribution is 2.43. The Bertz CT molecular complexity index is 1460. The molecule has 8 heteroatoms. The van der Waals surface area contributed by atoms with Crippen LogP contribution in [0.4, 0.5) is 0 Å². The van der Waals surface area contributed by atoms with Crippen molar-refractivity contribution in [3.63, 3.8) is 0 Å². The summed E-state index contributed by atoms with van der Waals surface area (Å²) in [5.41, 5.74) is 5.11. The fourth-order valence-corrected chi connectivity index (χ4v) is 6.31. The molecule has 3 aromatic carbocycles. The molecular formula is C30H30Cl2N2O3S. The van der Waals surface area contributed by atoms with Gasteiger partial charge in [0.15, 0.2) is 0 Å². The van der Waals surface area contributed by atoms with Crippen LogP contribution in [0.15, 0.2) is 71.8 Å². The van der Waals surface area contributed by atoms with Crippen molar-refractivity contribution in [3.05, 3.63) is 105 Å². The molecule has 0 amide bonds. The van der Waals surface area contributed by atoms with Crippen molar-refractivity contribution in [1.29, 1.82) is 0 Å². The highest BCUT2D eigenvalue weighted by atomic mass is 35.5. The van der Waals surface area contributed by atoms with Gasteiger partial charge in [-0.05, 0) is 85.8 Å². The molecule has 0 aliphatic carbocycles. The van der Waals surface area contributed by atoms with Gasteiger partial charge in [0.05, 0.1) is 27.5 Å². The number of thioether (sulfide) groups is 1. The summed E-state index contributed by atoms with van der Waals surface area (Å²) in [5, 5.41) is 15.0. The number of ether oxygens (including phenoxy) is 1. The summed E-state index contributed by atoms with van der Waals surface area (Å²) in [4.78, 5) is 12.3. The van der Waals surface area contributed by atoms with Crippen LogP contribution < -0.4 is 4.74 Å². The van der Waals surface area contributed by atoms with Gasteiger partial charge in [0, 0.05) is 9.64 Å². The molecule has 0 atom stereocenters. The van der Waals surface area contributed by atoms with Gasteiger partial charge in [-0.1, -0.05) is 55.2 Å². The molecule has 0 fully saturated rings. The van der Waals surface area contributed by atoms with E-state index >= 15 is 0 Å². The third-order valence-corrected chi connectivity index (χ3v) is 8.18. The molecule has 1 N–H and O–H groups in total. The van der Waals surface area contributed by atoms with Crippen molar-refractivity contribution in [2.75, 3.05) is 0 Å². The molecule has 198 valence electrons. The highest BCUT2D eigenvalue weighted by Gasteiger charge is 2.25. The molecule has 0 aliphatic rings. The summed E-state index contributed by atoms with van der Waals surface area (Å²) in [5.74, 6) is 0.0551. The Hall–Kier alpha value is -2.93. The van der Waals surface area contributed by atoms with Gasteiger partial charge in [-0.2, -0.15) is 5.10 Å². The van der Waals surface area contributed by atoms with Gasteiger partial charge < -0.3 is 9.84 Å². The molecule has 1 heterocycles. The van der Waals surface area contributed by atoms with E-state index in [0.717, 1.165) is 33.0 Å². The van der Waals surface area contributed by atoms with E-state index in [2.05, 4.69) is 45.8 Å². The molecule has 4 rings (SSSR count). The molecule has 0 aliphatic heterocycles. The average molecular weight is 570 g/mol. The Morgan fingerprint density at radius 3 is 2.39 bits per heavy atom. The van der Waals surface area contributed by atoms with Crippen molar-refractivity contribution >= 4 is 40.9 Å². The van der Waals surface area contributed by atoms with Gasteiger partial charge in [-0.3, -0.25) is 0 Å². The molecule has 0 unspecified atom stereocenters. The first-order valence-corrected chi connectivity index (χ1v) is 13.8. The fourth-order valence-electron chi connectivity index (χ4n) is 4.49. The molecule has 4 aromatic rings. The van der Waals surface area contributed by atoms with Crippen LogP contribution in [0.1, 0.15) is 66.4 Å². The minimum atomic E-state index is -0.929. The lowest BCUT2D eigenvalue weighted by Crippen LogP contribution is -2.14. The van der Waals surface area contributed by atoms with Crippen LogP contribution in [0, 0.1) is 6.92 Å². The summed E-state index contributed by atoms with van der Waals surface area (Å²) in [6.07, 6.45) is 1.84. The first kappa shape index (κ1) is 28.1. The second-order valence-corrected chi connectivity index (χ2v) is 12.4. The van der Waals surface area contributed by atoms with Gasteiger partial charge >= 0.3 is 5.97 Å². The Morgan fingerprint density at radius 2 is 1.76 bits per heavy atom. The quantitative estimate of drug-likeness (QED) is 0.204. The number of rotatable bonds is 9. The summed E-state index contributed by atoms with van der Waals surface area (Å²) in [6.45, 7) is 10.9. The van der Waals surface area contributed by atoms with Crippen LogP contribution in [0.3, 0.4) is 0 Å². The normalized spacial score (nSPS) is 11.7. The van der Waals surface area contributed by atoms with Crippen molar-refractivity contribution in [2.45, 2.75) is 56.8 Å². The second kappa shape index (κ2) is 11.4. The number of aryl methyl sites for hydroxylation is 1. The smallest absolute Gasteiger partial charge is 0.335 e. The number of halogens is 2. The standard InChI is InChI=1S/C30H30Cl2N2O3S/c1-18(2)23-16-33-34(28-25(31)10-7-11-26(28)32)27(23)17-37-21-12-13-24(19(3)14-21)30(4,5)38-22-9-6-8-20(15-22)29(35)36/h6-16,18H,17H2,1-5H3,(H,35,36). The highest BCUT2D eigenvalue weighted by molar-refractivity contribution is 8.00. The monoisotopic (exact) mass is 568 g/mol. The summed E-state index contributed by atoms with van der Waals surface area (Å²) < 4.78 is 7.76. The van der Waals surface area contributed by atoms with Crippen molar-refractivity contribution in [2.24, 2.45) is 0 Å². The lowest BCUT2D eigenvalue weighted by molar-refractivity contribution is 0.0696. The average Bonchev–Trinajstić information content (AvgIpc) is 3.26. The largest absolute Gasteiger partial charge is 0.487 e. The number of benzene rings is 3. The molecule has 0 spiro atoms. The summed E-state index contributed by atoms with van der Waals surface area (Å²) >= 11 is 14.6. The number of nitrogens with zero attached hydrogens (tertiary/aromatic N) is 2. The van der Waals surface area contributed by atoms with Gasteiger partial charge in [0.2, 0.25) is 0 Å². The van der Waals surface area contributed by atoms with Crippen LogP contribution >= 0.6 is 35.0 Å². The maximum Gasteiger partial charge on any atom is 0.335 e. The Balaban J connectivity index is 1.57. The van der Waals surface area contributed by atoms with E-state index in [1.807, 2.05) is 30.5 Å². The number of carboxylic acid groups (broad SMARTS) is 1. The first-order valence-electron chi connectivity index (χ1n) is 12.3. The zero-order valence-corrected chi connectivity index (χ0v) is 24.3. The Kier molecular flexibility index (Phi) is 8.46. The van der Waals surface area contributed by atoms with Gasteiger partial charge in [0.25, 0.3) is 0 Å². The minimum absolute atomic E-state index is 0.241. The van der Waals surface area contributed by atoms with E-state index in [-0.39, 0.29) is 16.2 Å². The fraction of sp³-hybridized carbons (Fsp3) is 0.267. The van der Waals surface area contributed by atoms with E-state index in [0.29, 0.717) is 22.3 Å². The molecule has 0 saturated carbocycles. The number of hydrogen-bond acceptors (Lipinski definition) is 4. The molecule has 0 bridgehead atoms. The minimum Gasteiger partial charge on any atom is -0.487 e. The number of aromatic nitrogens is 2. The number of aromatic carboxylic acids is 1. The molecule has 1 aromatic heterocycles. The van der Waals surface area contributed by atoms with Crippen LogP contribution in [-0.4, -0.2) is 20.9 Å². The van der Waals surface area contributed by atoms with Crippen molar-refractivity contribution in [3.8, 4) is 11.4 Å². The van der Waals surface area contributed by atoms with E-state index < -0.39 is 5.97 Å². The van der Waals surface area contributed by atoms with Crippen molar-refractivity contribution < 1.29 is 14.6 Å². The Labute approximate surface area is 237 Å². The van der Waals surface area contributed by atoms with Gasteiger partial charge in [-0.15, -0.1) is 11.8 Å². The zero-order chi connectivity index (χ0) is 27.6. The molecule has 0 saturated heterocycles. The van der Waals surface area contributed by atoms with E-state index in [4.69, 9.17) is 27.9 Å². The predicted molar refractivity (Wildman–Crippen MR) is 155 cm³/mol. The predicted octanol–water partition coefficient (Wildman–Crippen LogP) is 8.92. The summed E-state index contributed by atoms with van der Waals surface area (Å²) in [6, 6.07) is 18.5. The van der Waals surface area contributed by atoms with E-state index in [9.17, 15) is 9.90 Å². The lowest BCUT2D eigenvalue weighted by atomic mass is 9.97. The molecule has 5 nitrogen and oxygen atoms in total. The van der Waals surface area contributed by atoms with Gasteiger partial charge in [0.1, 0.15) is 18.0 Å². The maximum atomic E-state index is 11.4. The van der Waals surface area contributed by atoms with E-state index in [1.54, 1.807) is 46.8 Å². The second-order valence-electron chi connectivity index (χ2n) is 9.89. The number of carboxylic acids is 1. The molecule has 38 heavy (non-hydrogen) atoms. The lowest BCUT2D eigenvalue weighted by Gasteiger charge is -2.27. The first-order chi connectivity index (χ1) is 18.0. The summed E-state index contributed by atoms with van der Waals surface area (Å²) in [7, 11) is 0. The van der Waals surface area contributed by atoms with Crippen LogP contribution in [-0.2, 0) is 11.4 Å². The maximum absolute atomic E-state index is 11.4. The topological polar surface area (TPSA) is 64.4 Å². The van der Waals surface area contributed by atoms with Crippen LogP contribution in [0.25, 0.3) is 5.69 Å². The van der Waals surface area contributed by atoms with E-state index in [1.165, 1.54) is 0 Å². The SMILES string of the molecule is Cc1cc(OCc2c(C(C)C)cnn2-c2c(Cl)cccc2Cl)ccc1C(C)(C)Sc1cccc(C(=O)O)c1. The third-order valence-electron chi connectivity index (χ3n) is 6.35. The number of hydrogen-bond donors (Lipinski definition) is 1. The van der Waals surface area contributed by atoms with Crippen LogP contribution in [0.5, 0.6) is 5.75 Å². The third kappa shape index (κ3) is 6.04. The molecular weight excluding hydrogens is 539 g/mol. The number of carbonyl (C=O) groups is 1. The zero-order valence-electron chi connectivity index (χ0n) is 22.0. The number of para-hydroxylation sites is 1. The Morgan fingerprint density at radius 1 is 1.08 bits per heavy atom. The molecule has 0 radical (unpaired) electrons. The van der Waals surface area contributed by atoms with Crippen molar-refractivity contribution in [1.82, 2.24) is 9.78 Å². The van der Waals surface area contributed by atoms with Gasteiger partial charge in [-0.25, -0.2) is 9.48 Å².